The van der Waals surface area contributed by atoms with E-state index in [-0.39, 0.29) is 6.04 Å². The first-order valence-electron chi connectivity index (χ1n) is 3.91. The molecule has 0 fully saturated rings. The lowest BCUT2D eigenvalue weighted by molar-refractivity contribution is 0.826. The van der Waals surface area contributed by atoms with E-state index >= 15 is 0 Å². The van der Waals surface area contributed by atoms with Gasteiger partial charge in [0.1, 0.15) is 11.6 Å². The molecule has 0 bridgehead atoms. The van der Waals surface area contributed by atoms with Crippen LogP contribution in [0.2, 0.25) is 0 Å². The lowest BCUT2D eigenvalue weighted by atomic mass is 10.3. The zero-order valence-corrected chi connectivity index (χ0v) is 7.73. The van der Waals surface area contributed by atoms with Gasteiger partial charge in [-0.25, -0.2) is 4.98 Å². The molecular formula is C9H12N4. The van der Waals surface area contributed by atoms with Crippen LogP contribution >= 0.6 is 0 Å². The fraction of sp³-hybridized carbons (Fsp3) is 0.333. The Morgan fingerprint density at radius 3 is 2.85 bits per heavy atom. The third kappa shape index (κ3) is 2.09. The molecule has 1 rings (SSSR count). The molecule has 0 saturated carbocycles. The maximum absolute atomic E-state index is 5.49. The van der Waals surface area contributed by atoms with E-state index in [0.717, 1.165) is 0 Å². The molecule has 1 unspecified atom stereocenters. The Kier molecular flexibility index (Phi) is 2.70. The van der Waals surface area contributed by atoms with Crippen LogP contribution in [0.4, 0.5) is 11.6 Å². The van der Waals surface area contributed by atoms with Gasteiger partial charge in [0.2, 0.25) is 0 Å². The molecule has 0 saturated heterocycles. The molecule has 1 aromatic heterocycles. The Bertz CT molecular complexity index is 329. The van der Waals surface area contributed by atoms with Crippen molar-refractivity contribution >= 4 is 11.6 Å². The summed E-state index contributed by atoms with van der Waals surface area (Å²) in [6.45, 7) is 1.91. The first-order valence-corrected chi connectivity index (χ1v) is 3.91. The third-order valence-electron chi connectivity index (χ3n) is 1.82. The molecule has 0 spiro atoms. The predicted molar refractivity (Wildman–Crippen MR) is 53.1 cm³/mol. The number of nitrogen functional groups attached to an aromatic ring is 1. The van der Waals surface area contributed by atoms with Crippen LogP contribution in [0.3, 0.4) is 0 Å². The van der Waals surface area contributed by atoms with Crippen molar-refractivity contribution in [2.45, 2.75) is 13.0 Å². The maximum Gasteiger partial charge on any atom is 0.150 e. The summed E-state index contributed by atoms with van der Waals surface area (Å²) in [5.74, 6) is 3.68. The molecular weight excluding hydrogens is 164 g/mol. The van der Waals surface area contributed by atoms with Crippen LogP contribution in [-0.4, -0.2) is 23.1 Å². The Labute approximate surface area is 77.8 Å². The highest BCUT2D eigenvalue weighted by molar-refractivity contribution is 5.43. The fourth-order valence-electron chi connectivity index (χ4n) is 0.850. The third-order valence-corrected chi connectivity index (χ3v) is 1.82. The number of hydrogen-bond acceptors (Lipinski definition) is 4. The van der Waals surface area contributed by atoms with Gasteiger partial charge in [0.05, 0.1) is 18.4 Å². The number of hydrogen-bond donors (Lipinski definition) is 1. The molecule has 0 radical (unpaired) electrons. The molecule has 1 atom stereocenters. The summed E-state index contributed by atoms with van der Waals surface area (Å²) >= 11 is 0. The van der Waals surface area contributed by atoms with Crippen molar-refractivity contribution in [1.82, 2.24) is 9.97 Å². The average molecular weight is 176 g/mol. The van der Waals surface area contributed by atoms with Gasteiger partial charge in [-0.15, -0.1) is 6.42 Å². The van der Waals surface area contributed by atoms with Crippen LogP contribution in [0.15, 0.2) is 12.4 Å². The molecule has 4 nitrogen and oxygen atoms in total. The molecule has 13 heavy (non-hydrogen) atoms. The molecule has 0 aliphatic heterocycles. The Balaban J connectivity index is 2.90. The maximum atomic E-state index is 5.49. The summed E-state index contributed by atoms with van der Waals surface area (Å²) in [6, 6.07) is -0.0175. The van der Waals surface area contributed by atoms with Gasteiger partial charge in [-0.05, 0) is 6.92 Å². The molecule has 0 amide bonds. The zero-order chi connectivity index (χ0) is 9.84. The summed E-state index contributed by atoms with van der Waals surface area (Å²) < 4.78 is 0. The smallest absolute Gasteiger partial charge is 0.150 e. The summed E-state index contributed by atoms with van der Waals surface area (Å²) in [6.07, 6.45) is 8.40. The molecule has 68 valence electrons. The van der Waals surface area contributed by atoms with Crippen molar-refractivity contribution in [3.05, 3.63) is 12.4 Å². The summed E-state index contributed by atoms with van der Waals surface area (Å²) in [7, 11) is 1.86. The summed E-state index contributed by atoms with van der Waals surface area (Å²) in [5, 5.41) is 0. The van der Waals surface area contributed by atoms with E-state index in [9.17, 15) is 0 Å². The molecule has 1 aromatic rings. The lowest BCUT2D eigenvalue weighted by Gasteiger charge is -2.21. The van der Waals surface area contributed by atoms with Crippen molar-refractivity contribution in [3.63, 3.8) is 0 Å². The van der Waals surface area contributed by atoms with E-state index in [1.165, 1.54) is 6.20 Å². The standard InChI is InChI=1S/C9H12N4/c1-4-7(2)13(3)9-6-11-5-8(10)12-9/h1,5-7H,2-3H3,(H2,10,12). The van der Waals surface area contributed by atoms with Gasteiger partial charge in [-0.3, -0.25) is 4.98 Å². The predicted octanol–water partition coefficient (Wildman–Crippen LogP) is 0.517. The second-order valence-electron chi connectivity index (χ2n) is 2.76. The van der Waals surface area contributed by atoms with Gasteiger partial charge in [0, 0.05) is 7.05 Å². The highest BCUT2D eigenvalue weighted by atomic mass is 15.2. The minimum atomic E-state index is -0.0175. The molecule has 1 heterocycles. The average Bonchev–Trinajstić information content (AvgIpc) is 2.15. The van der Waals surface area contributed by atoms with E-state index in [2.05, 4.69) is 15.9 Å². The van der Waals surface area contributed by atoms with Gasteiger partial charge < -0.3 is 10.6 Å². The van der Waals surface area contributed by atoms with E-state index in [0.29, 0.717) is 11.6 Å². The monoisotopic (exact) mass is 176 g/mol. The normalized spacial score (nSPS) is 11.8. The first-order chi connectivity index (χ1) is 6.15. The fourth-order valence-corrected chi connectivity index (χ4v) is 0.850. The molecule has 0 aliphatic rings. The van der Waals surface area contributed by atoms with Gasteiger partial charge in [0.15, 0.2) is 0 Å². The quantitative estimate of drug-likeness (QED) is 0.667. The van der Waals surface area contributed by atoms with E-state index in [1.54, 1.807) is 6.20 Å². The van der Waals surface area contributed by atoms with Crippen LogP contribution in [0.5, 0.6) is 0 Å². The van der Waals surface area contributed by atoms with E-state index in [4.69, 9.17) is 12.2 Å². The van der Waals surface area contributed by atoms with E-state index < -0.39 is 0 Å². The zero-order valence-electron chi connectivity index (χ0n) is 7.73. The number of nitrogens with zero attached hydrogens (tertiary/aromatic N) is 3. The molecule has 4 heteroatoms. The highest BCUT2D eigenvalue weighted by Crippen LogP contribution is 2.10. The first kappa shape index (κ1) is 9.33. The number of terminal acetylenes is 1. The van der Waals surface area contributed by atoms with Crippen LogP contribution in [0, 0.1) is 12.3 Å². The van der Waals surface area contributed by atoms with Gasteiger partial charge in [-0.1, -0.05) is 5.92 Å². The molecule has 0 aromatic carbocycles. The van der Waals surface area contributed by atoms with Crippen molar-refractivity contribution in [2.75, 3.05) is 17.7 Å². The van der Waals surface area contributed by atoms with Gasteiger partial charge in [0.25, 0.3) is 0 Å². The Hall–Kier alpha value is -1.76. The molecule has 0 aliphatic carbocycles. The van der Waals surface area contributed by atoms with Crippen molar-refractivity contribution in [2.24, 2.45) is 0 Å². The number of anilines is 2. The Morgan fingerprint density at radius 2 is 2.31 bits per heavy atom. The van der Waals surface area contributed by atoms with Gasteiger partial charge >= 0.3 is 0 Å². The molecule has 2 N–H and O–H groups in total. The van der Waals surface area contributed by atoms with Crippen LogP contribution in [-0.2, 0) is 0 Å². The SMILES string of the molecule is C#CC(C)N(C)c1cncc(N)n1. The largest absolute Gasteiger partial charge is 0.382 e. The second kappa shape index (κ2) is 3.76. The van der Waals surface area contributed by atoms with Crippen molar-refractivity contribution in [3.8, 4) is 12.3 Å². The number of aromatic nitrogens is 2. The minimum Gasteiger partial charge on any atom is -0.382 e. The lowest BCUT2D eigenvalue weighted by Crippen LogP contribution is -2.28. The van der Waals surface area contributed by atoms with Gasteiger partial charge in [-0.2, -0.15) is 0 Å². The number of nitrogens with two attached hydrogens (primary N) is 1. The van der Waals surface area contributed by atoms with Crippen LogP contribution in [0.25, 0.3) is 0 Å². The van der Waals surface area contributed by atoms with Crippen molar-refractivity contribution < 1.29 is 0 Å². The second-order valence-corrected chi connectivity index (χ2v) is 2.76. The summed E-state index contributed by atoms with van der Waals surface area (Å²) in [5.41, 5.74) is 5.49. The van der Waals surface area contributed by atoms with E-state index in [1.807, 2.05) is 18.9 Å². The minimum absolute atomic E-state index is 0.0175. The highest BCUT2D eigenvalue weighted by Gasteiger charge is 2.08. The topological polar surface area (TPSA) is 55.0 Å². The Morgan fingerprint density at radius 1 is 1.62 bits per heavy atom. The van der Waals surface area contributed by atoms with Crippen LogP contribution < -0.4 is 10.6 Å². The number of rotatable bonds is 2. The summed E-state index contributed by atoms with van der Waals surface area (Å²) in [4.78, 5) is 9.85. The van der Waals surface area contributed by atoms with Crippen LogP contribution in [0.1, 0.15) is 6.92 Å². The van der Waals surface area contributed by atoms with Crippen molar-refractivity contribution in [1.29, 1.82) is 0 Å².